The van der Waals surface area contributed by atoms with E-state index in [1.54, 1.807) is 13.2 Å². The van der Waals surface area contributed by atoms with Gasteiger partial charge in [-0.05, 0) is 68.1 Å². The molecule has 1 atom stereocenters. The Bertz CT molecular complexity index is 964. The minimum absolute atomic E-state index is 0.0272. The van der Waals surface area contributed by atoms with Crippen molar-refractivity contribution in [2.24, 2.45) is 11.8 Å². The third-order valence-electron chi connectivity index (χ3n) is 7.00. The maximum atomic E-state index is 13.0. The molecule has 1 heterocycles. The number of methoxy groups -OCH3 is 1. The van der Waals surface area contributed by atoms with Gasteiger partial charge < -0.3 is 14.4 Å². The van der Waals surface area contributed by atoms with Crippen LogP contribution < -0.4 is 4.74 Å². The molecule has 2 fully saturated rings. The fourth-order valence-electron chi connectivity index (χ4n) is 5.25. The highest BCUT2D eigenvalue weighted by molar-refractivity contribution is 6.32. The number of aliphatic hydroxyl groups is 1. The lowest BCUT2D eigenvalue weighted by molar-refractivity contribution is -0.118. The normalized spacial score (nSPS) is 21.2. The van der Waals surface area contributed by atoms with Crippen LogP contribution in [0.1, 0.15) is 93.9 Å². The van der Waals surface area contributed by atoms with E-state index in [9.17, 15) is 9.90 Å². The predicted molar refractivity (Wildman–Crippen MR) is 129 cm³/mol. The van der Waals surface area contributed by atoms with Gasteiger partial charge >= 0.3 is 0 Å². The van der Waals surface area contributed by atoms with Crippen molar-refractivity contribution in [3.05, 3.63) is 40.4 Å². The summed E-state index contributed by atoms with van der Waals surface area (Å²) in [6.45, 7) is 4.60. The largest absolute Gasteiger partial charge is 0.495 e. The number of carbonyl (C=O) groups is 1. The molecule has 0 saturated heterocycles. The summed E-state index contributed by atoms with van der Waals surface area (Å²) in [6, 6.07) is 5.88. The Morgan fingerprint density at radius 2 is 2.03 bits per heavy atom. The first-order valence-corrected chi connectivity index (χ1v) is 12.7. The molecule has 0 spiro atoms. The molecule has 4 rings (SSSR count). The fraction of sp³-hybridized carbons (Fsp3) is 0.654. The molecule has 0 radical (unpaired) electrons. The summed E-state index contributed by atoms with van der Waals surface area (Å²) in [5, 5.41) is 19.5. The molecule has 6 nitrogen and oxygen atoms in total. The summed E-state index contributed by atoms with van der Waals surface area (Å²) < 4.78 is 7.61. The average molecular weight is 474 g/mol. The molecule has 0 bridgehead atoms. The molecule has 1 N–H and O–H groups in total. The van der Waals surface area contributed by atoms with Gasteiger partial charge in [0.2, 0.25) is 0 Å². The summed E-state index contributed by atoms with van der Waals surface area (Å²) in [5.74, 6) is 4.55. The molecule has 0 amide bonds. The Labute approximate surface area is 201 Å². The Hall–Kier alpha value is -1.92. The van der Waals surface area contributed by atoms with Crippen LogP contribution in [0.25, 0.3) is 0 Å². The van der Waals surface area contributed by atoms with Gasteiger partial charge in [0.15, 0.2) is 0 Å². The molecule has 7 heteroatoms. The van der Waals surface area contributed by atoms with Crippen LogP contribution in [0, 0.1) is 11.8 Å². The van der Waals surface area contributed by atoms with Crippen LogP contribution in [-0.2, 0) is 11.2 Å². The van der Waals surface area contributed by atoms with E-state index >= 15 is 0 Å². The second-order valence-electron chi connectivity index (χ2n) is 10.3. The lowest BCUT2D eigenvalue weighted by atomic mass is 9.71. The number of nitrogens with zero attached hydrogens (tertiary/aromatic N) is 3. The first-order chi connectivity index (χ1) is 15.9. The molecule has 0 aliphatic heterocycles. The molecule has 2 aliphatic carbocycles. The van der Waals surface area contributed by atoms with Crippen LogP contribution in [0.5, 0.6) is 5.75 Å². The Kier molecular flexibility index (Phi) is 7.75. The topological polar surface area (TPSA) is 77.2 Å². The van der Waals surface area contributed by atoms with Crippen molar-refractivity contribution in [1.29, 1.82) is 0 Å². The van der Waals surface area contributed by atoms with Crippen molar-refractivity contribution < 1.29 is 14.6 Å². The lowest BCUT2D eigenvalue weighted by Crippen LogP contribution is -2.26. The summed E-state index contributed by atoms with van der Waals surface area (Å²) in [5.41, 5.74) is 0.874. The van der Waals surface area contributed by atoms with Crippen molar-refractivity contribution in [3.8, 4) is 5.75 Å². The van der Waals surface area contributed by atoms with Crippen LogP contribution in [0.4, 0.5) is 0 Å². The number of aromatic nitrogens is 3. The third kappa shape index (κ3) is 5.78. The number of halogens is 1. The Morgan fingerprint density at radius 3 is 2.67 bits per heavy atom. The summed E-state index contributed by atoms with van der Waals surface area (Å²) >= 11 is 6.11. The number of benzene rings is 1. The van der Waals surface area contributed by atoms with Crippen LogP contribution >= 0.6 is 11.6 Å². The predicted octanol–water partition coefficient (Wildman–Crippen LogP) is 5.48. The van der Waals surface area contributed by atoms with Crippen molar-refractivity contribution in [2.45, 2.75) is 83.1 Å². The molecule has 2 aromatic rings. The number of ketones is 1. The molecule has 1 aromatic heterocycles. The second-order valence-corrected chi connectivity index (χ2v) is 10.7. The van der Waals surface area contributed by atoms with Crippen molar-refractivity contribution >= 4 is 17.4 Å². The first kappa shape index (κ1) is 24.2. The van der Waals surface area contributed by atoms with Gasteiger partial charge in [0.05, 0.1) is 12.1 Å². The fourth-order valence-corrected chi connectivity index (χ4v) is 5.45. The number of aliphatic hydroxyl groups excluding tert-OH is 1. The first-order valence-electron chi connectivity index (χ1n) is 12.3. The van der Waals surface area contributed by atoms with Gasteiger partial charge in [0, 0.05) is 37.3 Å². The highest BCUT2D eigenvalue weighted by atomic mass is 35.5. The van der Waals surface area contributed by atoms with E-state index in [4.69, 9.17) is 16.3 Å². The Balaban J connectivity index is 1.47. The summed E-state index contributed by atoms with van der Waals surface area (Å²) in [6.07, 6.45) is 7.10. The molecular weight excluding hydrogens is 438 g/mol. The Morgan fingerprint density at radius 1 is 1.27 bits per heavy atom. The molecule has 180 valence electrons. The van der Waals surface area contributed by atoms with Crippen molar-refractivity contribution in [2.75, 3.05) is 13.7 Å². The van der Waals surface area contributed by atoms with E-state index in [-0.39, 0.29) is 18.3 Å². The van der Waals surface area contributed by atoms with Crippen LogP contribution in [0.2, 0.25) is 5.02 Å². The summed E-state index contributed by atoms with van der Waals surface area (Å²) in [4.78, 5) is 13.0. The van der Waals surface area contributed by atoms with Crippen molar-refractivity contribution in [1.82, 2.24) is 14.8 Å². The summed E-state index contributed by atoms with van der Waals surface area (Å²) in [7, 11) is 1.57. The number of Topliss-reactive ketones (excluding diaryl/α,β-unsaturated/α-hetero) is 1. The van der Waals surface area contributed by atoms with Gasteiger partial charge in [-0.15, -0.1) is 10.2 Å². The van der Waals surface area contributed by atoms with E-state index in [0.29, 0.717) is 42.0 Å². The van der Waals surface area contributed by atoms with Gasteiger partial charge in [-0.1, -0.05) is 31.5 Å². The maximum absolute atomic E-state index is 13.0. The van der Waals surface area contributed by atoms with Gasteiger partial charge in [-0.25, -0.2) is 0 Å². The quantitative estimate of drug-likeness (QED) is 0.441. The zero-order valence-electron chi connectivity index (χ0n) is 20.0. The number of carbonyl (C=O) groups excluding carboxylic acids is 1. The third-order valence-corrected chi connectivity index (χ3v) is 7.31. The smallest absolute Gasteiger partial charge is 0.137 e. The zero-order chi connectivity index (χ0) is 23.5. The van der Waals surface area contributed by atoms with Gasteiger partial charge in [0.1, 0.15) is 23.2 Å². The van der Waals surface area contributed by atoms with E-state index in [1.165, 1.54) is 19.3 Å². The molecule has 2 aliphatic rings. The number of hydrogen-bond acceptors (Lipinski definition) is 5. The molecule has 33 heavy (non-hydrogen) atoms. The van der Waals surface area contributed by atoms with E-state index < -0.39 is 0 Å². The van der Waals surface area contributed by atoms with Crippen LogP contribution in [0.15, 0.2) is 18.2 Å². The van der Waals surface area contributed by atoms with Gasteiger partial charge in [0.25, 0.3) is 0 Å². The van der Waals surface area contributed by atoms with Crippen LogP contribution in [0.3, 0.4) is 0 Å². The van der Waals surface area contributed by atoms with Gasteiger partial charge in [-0.3, -0.25) is 4.79 Å². The molecule has 1 aromatic carbocycles. The van der Waals surface area contributed by atoms with E-state index in [2.05, 4.69) is 28.6 Å². The number of hydrogen-bond donors (Lipinski definition) is 1. The average Bonchev–Trinajstić information content (AvgIpc) is 3.50. The minimum Gasteiger partial charge on any atom is -0.495 e. The van der Waals surface area contributed by atoms with E-state index in [0.717, 1.165) is 41.9 Å². The van der Waals surface area contributed by atoms with Crippen molar-refractivity contribution in [3.63, 3.8) is 0 Å². The number of rotatable bonds is 12. The van der Waals surface area contributed by atoms with Gasteiger partial charge in [-0.2, -0.15) is 0 Å². The SMILES string of the molecule is COc1cc(CC(=O)C[C@H](CCO)c2nnc(C3CC(CC(C)C)C3)n2C2CC2)ccc1Cl. The highest BCUT2D eigenvalue weighted by Crippen LogP contribution is 2.48. The zero-order valence-corrected chi connectivity index (χ0v) is 20.7. The molecule has 2 saturated carbocycles. The number of ether oxygens (including phenoxy) is 1. The minimum atomic E-state index is -0.120. The maximum Gasteiger partial charge on any atom is 0.137 e. The molecular formula is C26H36ClN3O3. The lowest BCUT2D eigenvalue weighted by Gasteiger charge is -2.36. The van der Waals surface area contributed by atoms with E-state index in [1.807, 2.05) is 12.1 Å². The molecule has 0 unspecified atom stereocenters. The highest BCUT2D eigenvalue weighted by Gasteiger charge is 2.39. The monoisotopic (exact) mass is 473 g/mol. The second kappa shape index (κ2) is 10.6. The van der Waals surface area contributed by atoms with Crippen LogP contribution in [-0.4, -0.2) is 39.4 Å². The standard InChI is InChI=1S/C26H36ClN3O3/c1-16(2)10-18-11-20(12-18)26-29-28-25(30(26)21-5-6-21)19(8-9-31)15-22(32)13-17-4-7-23(27)24(14-17)33-3/h4,7,14,16,18-21,31H,5-6,8-13,15H2,1-3H3/t18?,19-,20?/m0/s1.